The van der Waals surface area contributed by atoms with Crippen molar-refractivity contribution < 1.29 is 71.4 Å². The smallest absolute Gasteiger partial charge is 1.00 e. The molecule has 0 saturated carbocycles. The molecule has 0 bridgehead atoms. The van der Waals surface area contributed by atoms with Gasteiger partial charge in [0, 0.05) is 0 Å². The van der Waals surface area contributed by atoms with E-state index in [1.165, 1.54) is 41.4 Å². The summed E-state index contributed by atoms with van der Waals surface area (Å²) in [5.74, 6) is 1.87. The molecule has 96 valence electrons. The van der Waals surface area contributed by atoms with Crippen molar-refractivity contribution in [3.63, 3.8) is 0 Å². The molecular formula is C11H8BrCl3O2Zr. The van der Waals surface area contributed by atoms with Gasteiger partial charge in [0.1, 0.15) is 0 Å². The van der Waals surface area contributed by atoms with Gasteiger partial charge < -0.3 is 37.2 Å². The van der Waals surface area contributed by atoms with E-state index in [9.17, 15) is 0 Å². The molecule has 0 amide bonds. The molecule has 2 aliphatic carbocycles. The van der Waals surface area contributed by atoms with Crippen LogP contribution in [0.5, 0.6) is 0 Å². The first-order chi connectivity index (χ1) is 7.15. The maximum atomic E-state index is 5.66. The van der Waals surface area contributed by atoms with Gasteiger partial charge in [-0.05, 0) is 0 Å². The van der Waals surface area contributed by atoms with Crippen molar-refractivity contribution in [2.24, 2.45) is 0 Å². The van der Waals surface area contributed by atoms with Crippen LogP contribution in [0.25, 0.3) is 0 Å². The predicted molar refractivity (Wildman–Crippen MR) is 55.4 cm³/mol. The fourth-order valence-electron chi connectivity index (χ4n) is 2.04. The molecule has 1 atom stereocenters. The van der Waals surface area contributed by atoms with Gasteiger partial charge in [0.15, 0.2) is 0 Å². The minimum Gasteiger partial charge on any atom is -1.00 e. The summed E-state index contributed by atoms with van der Waals surface area (Å²) in [6.45, 7) is 2.11. The Morgan fingerprint density at radius 2 is 1.89 bits per heavy atom. The molecule has 1 aliphatic heterocycles. The van der Waals surface area contributed by atoms with E-state index in [2.05, 4.69) is 35.0 Å². The molecule has 3 aliphatic rings. The van der Waals surface area contributed by atoms with Crippen LogP contribution in [0.3, 0.4) is 0 Å². The second kappa shape index (κ2) is 6.99. The van der Waals surface area contributed by atoms with Gasteiger partial charge in [-0.15, -0.1) is 0 Å². The van der Waals surface area contributed by atoms with E-state index in [1.54, 1.807) is 0 Å². The zero-order valence-corrected chi connectivity index (χ0v) is 15.6. The summed E-state index contributed by atoms with van der Waals surface area (Å²) in [5.41, 5.74) is 3.86. The maximum Gasteiger partial charge on any atom is -1.00 e. The summed E-state index contributed by atoms with van der Waals surface area (Å²) < 4.78 is 12.3. The summed E-state index contributed by atoms with van der Waals surface area (Å²) in [4.78, 5) is 0. The van der Waals surface area contributed by atoms with Gasteiger partial charge >= 0.3 is 112 Å². The minimum absolute atomic E-state index is 0. The van der Waals surface area contributed by atoms with Gasteiger partial charge in [0.25, 0.3) is 0 Å². The van der Waals surface area contributed by atoms with Crippen LogP contribution in [-0.4, -0.2) is 4.00 Å². The van der Waals surface area contributed by atoms with E-state index >= 15 is 0 Å². The van der Waals surface area contributed by atoms with Crippen LogP contribution >= 0.6 is 15.9 Å². The molecule has 0 N–H and O–H groups in total. The first kappa shape index (κ1) is 18.8. The zero-order valence-electron chi connectivity index (χ0n) is 9.27. The third-order valence-corrected chi connectivity index (χ3v) is 4.00. The molecule has 0 saturated heterocycles. The van der Waals surface area contributed by atoms with E-state index < -0.39 is 0 Å². The van der Waals surface area contributed by atoms with Gasteiger partial charge in [-0.25, -0.2) is 0 Å². The Bertz CT molecular complexity index is 483. The Morgan fingerprint density at radius 3 is 2.56 bits per heavy atom. The van der Waals surface area contributed by atoms with Crippen molar-refractivity contribution in [3.05, 3.63) is 44.9 Å². The van der Waals surface area contributed by atoms with Crippen LogP contribution in [-0.2, 0) is 34.2 Å². The Hall–Kier alpha value is 0.793. The molecule has 0 aromatic rings. The number of ether oxygens (including phenoxy) is 2. The molecule has 1 heterocycles. The number of fused-ring (bicyclic) bond motifs is 1. The first-order valence-electron chi connectivity index (χ1n) is 4.72. The van der Waals surface area contributed by atoms with Crippen LogP contribution in [0.15, 0.2) is 44.9 Å². The predicted octanol–water partition coefficient (Wildman–Crippen LogP) is -5.97. The average molecular weight is 450 g/mol. The number of rotatable bonds is 0. The fourth-order valence-corrected chi connectivity index (χ4v) is 3.36. The second-order valence-corrected chi connectivity index (χ2v) is 5.73. The quantitative estimate of drug-likeness (QED) is 0.367. The van der Waals surface area contributed by atoms with Gasteiger partial charge in [-0.2, -0.15) is 0 Å². The zero-order chi connectivity index (χ0) is 10.6. The van der Waals surface area contributed by atoms with E-state index in [4.69, 9.17) is 9.47 Å². The molecule has 18 heavy (non-hydrogen) atoms. The van der Waals surface area contributed by atoms with Gasteiger partial charge in [-0.1, -0.05) is 0 Å². The van der Waals surface area contributed by atoms with Crippen molar-refractivity contribution in [1.82, 2.24) is 0 Å². The average Bonchev–Trinajstić information content (AvgIpc) is 2.69. The van der Waals surface area contributed by atoms with Crippen molar-refractivity contribution in [1.29, 1.82) is 0 Å². The number of halogens is 4. The van der Waals surface area contributed by atoms with Crippen LogP contribution in [0.2, 0.25) is 0 Å². The Balaban J connectivity index is 0.000000963. The monoisotopic (exact) mass is 446 g/mol. The summed E-state index contributed by atoms with van der Waals surface area (Å²) >= 11 is 4.85. The molecule has 1 unspecified atom stereocenters. The third kappa shape index (κ3) is 3.09. The Morgan fingerprint density at radius 1 is 1.22 bits per heavy atom. The molecule has 3 rings (SSSR count). The van der Waals surface area contributed by atoms with Gasteiger partial charge in [0.2, 0.25) is 0 Å². The van der Waals surface area contributed by atoms with Crippen LogP contribution < -0.4 is 37.2 Å². The molecule has 2 nitrogen and oxygen atoms in total. The van der Waals surface area contributed by atoms with Crippen LogP contribution in [0.1, 0.15) is 13.3 Å². The molecule has 0 spiro atoms. The van der Waals surface area contributed by atoms with Gasteiger partial charge in [0.05, 0.1) is 0 Å². The van der Waals surface area contributed by atoms with E-state index in [0.29, 0.717) is 0 Å². The van der Waals surface area contributed by atoms with E-state index in [1.807, 2.05) is 0 Å². The second-order valence-electron chi connectivity index (χ2n) is 3.78. The molecule has 0 fully saturated rings. The molecule has 0 radical (unpaired) electrons. The van der Waals surface area contributed by atoms with Crippen LogP contribution in [0, 0.1) is 0 Å². The third-order valence-electron chi connectivity index (χ3n) is 2.63. The van der Waals surface area contributed by atoms with E-state index in [0.717, 1.165) is 22.4 Å². The maximum absolute atomic E-state index is 5.66. The van der Waals surface area contributed by atoms with Crippen molar-refractivity contribution in [3.8, 4) is 0 Å². The molecule has 0 aromatic carbocycles. The topological polar surface area (TPSA) is 18.5 Å². The SMILES string of the molecule is CC1=CC2=C(Br)C3=C(CC2=C1)O[CH]([Zr+3])O3.[Cl-].[Cl-].[Cl-]. The van der Waals surface area contributed by atoms with Crippen molar-refractivity contribution in [2.75, 3.05) is 0 Å². The summed E-state index contributed by atoms with van der Waals surface area (Å²) in [5, 5.41) is 0. The summed E-state index contributed by atoms with van der Waals surface area (Å²) in [7, 11) is 0. The van der Waals surface area contributed by atoms with Gasteiger partial charge in [-0.3, -0.25) is 0 Å². The normalized spacial score (nSPS) is 23.4. The molecule has 0 aromatic heterocycles. The van der Waals surface area contributed by atoms with Crippen molar-refractivity contribution >= 4 is 15.9 Å². The Kier molecular flexibility index (Phi) is 7.30. The van der Waals surface area contributed by atoms with Crippen molar-refractivity contribution in [2.45, 2.75) is 17.3 Å². The fraction of sp³-hybridized carbons (Fsp3) is 0.273. The van der Waals surface area contributed by atoms with E-state index in [-0.39, 0.29) is 41.2 Å². The standard InChI is InChI=1S/C11H8BrO2.3ClH.Zr/c1-6-2-7-4-9-11(14-5-13-9)10(12)8(7)3-6;;;;/h2-3,5H,4H2,1H3;3*1H;/q;;;;+3/p-3. The minimum atomic E-state index is -0.0696. The Labute approximate surface area is 148 Å². The number of hydrogen-bond donors (Lipinski definition) is 0. The molecule has 7 heteroatoms. The number of hydrogen-bond acceptors (Lipinski definition) is 2. The number of allylic oxidation sites excluding steroid dienone is 6. The first-order valence-corrected chi connectivity index (χ1v) is 6.93. The summed E-state index contributed by atoms with van der Waals surface area (Å²) in [6.07, 6.45) is 5.25. The largest absolute Gasteiger partial charge is 1.00 e. The van der Waals surface area contributed by atoms with Crippen LogP contribution in [0.4, 0.5) is 0 Å². The molecular weight excluding hydrogens is 442 g/mol. The summed E-state index contributed by atoms with van der Waals surface area (Å²) in [6, 6.07) is 0.